The largest absolute Gasteiger partial charge is 0.336 e. The molecule has 0 aromatic carbocycles. The first kappa shape index (κ1) is 14.5. The minimum Gasteiger partial charge on any atom is -0.336 e. The Labute approximate surface area is 106 Å². The van der Waals surface area contributed by atoms with E-state index in [1.54, 1.807) is 0 Å². The van der Waals surface area contributed by atoms with E-state index in [0.717, 1.165) is 13.1 Å². The number of rotatable bonds is 3. The van der Waals surface area contributed by atoms with Gasteiger partial charge in [-0.3, -0.25) is 4.79 Å². The predicted octanol–water partition coefficient (Wildman–Crippen LogP) is 2.27. The lowest BCUT2D eigenvalue weighted by Crippen LogP contribution is -2.64. The standard InChI is InChI=1S/C14H28N2O/c1-10(2)7-13(17)16-9-14(5,6)15-8-12(16)11(3)4/h10-12,15H,7-9H2,1-6H3. The lowest BCUT2D eigenvalue weighted by molar-refractivity contribution is -0.138. The van der Waals surface area contributed by atoms with Gasteiger partial charge in [0.25, 0.3) is 0 Å². The normalized spacial score (nSPS) is 24.5. The Bertz CT molecular complexity index is 271. The van der Waals surface area contributed by atoms with Crippen molar-refractivity contribution in [2.75, 3.05) is 13.1 Å². The zero-order chi connectivity index (χ0) is 13.2. The van der Waals surface area contributed by atoms with Crippen LogP contribution < -0.4 is 5.32 Å². The van der Waals surface area contributed by atoms with E-state index in [9.17, 15) is 4.79 Å². The van der Waals surface area contributed by atoms with Gasteiger partial charge in [-0.1, -0.05) is 27.7 Å². The number of amides is 1. The fourth-order valence-corrected chi connectivity index (χ4v) is 2.43. The van der Waals surface area contributed by atoms with Crippen LogP contribution in [-0.2, 0) is 4.79 Å². The quantitative estimate of drug-likeness (QED) is 0.821. The number of hydrogen-bond donors (Lipinski definition) is 1. The van der Waals surface area contributed by atoms with Gasteiger partial charge in [-0.15, -0.1) is 0 Å². The molecule has 1 atom stereocenters. The summed E-state index contributed by atoms with van der Waals surface area (Å²) in [5.74, 6) is 1.26. The van der Waals surface area contributed by atoms with E-state index in [0.29, 0.717) is 30.2 Å². The molecule has 0 radical (unpaired) electrons. The van der Waals surface area contributed by atoms with Gasteiger partial charge in [-0.25, -0.2) is 0 Å². The molecule has 100 valence electrons. The summed E-state index contributed by atoms with van der Waals surface area (Å²) in [4.78, 5) is 14.4. The Kier molecular flexibility index (Phi) is 4.59. The highest BCUT2D eigenvalue weighted by atomic mass is 16.2. The van der Waals surface area contributed by atoms with Gasteiger partial charge in [-0.05, 0) is 25.7 Å². The minimum absolute atomic E-state index is 0.0397. The lowest BCUT2D eigenvalue weighted by atomic mass is 9.92. The van der Waals surface area contributed by atoms with Gasteiger partial charge in [0.15, 0.2) is 0 Å². The minimum atomic E-state index is 0.0397. The summed E-state index contributed by atoms with van der Waals surface area (Å²) in [5.41, 5.74) is 0.0397. The summed E-state index contributed by atoms with van der Waals surface area (Å²) in [5, 5.41) is 3.53. The van der Waals surface area contributed by atoms with Crippen LogP contribution >= 0.6 is 0 Å². The molecule has 0 aromatic rings. The molecule has 1 saturated heterocycles. The second-order valence-electron chi connectivity index (χ2n) is 6.70. The maximum Gasteiger partial charge on any atom is 0.223 e. The molecule has 3 nitrogen and oxygen atoms in total. The number of carbonyl (C=O) groups is 1. The molecular formula is C14H28N2O. The Balaban J connectivity index is 2.77. The van der Waals surface area contributed by atoms with Gasteiger partial charge in [0.2, 0.25) is 5.91 Å². The molecule has 0 spiro atoms. The molecule has 1 N–H and O–H groups in total. The van der Waals surface area contributed by atoms with Gasteiger partial charge >= 0.3 is 0 Å². The molecule has 1 aliphatic rings. The molecule has 1 aliphatic heterocycles. The molecule has 0 aromatic heterocycles. The van der Waals surface area contributed by atoms with E-state index >= 15 is 0 Å². The van der Waals surface area contributed by atoms with Gasteiger partial charge in [0.1, 0.15) is 0 Å². The average Bonchev–Trinajstić information content (AvgIpc) is 2.14. The van der Waals surface area contributed by atoms with Crippen LogP contribution in [0, 0.1) is 11.8 Å². The maximum atomic E-state index is 12.3. The Morgan fingerprint density at radius 2 is 1.94 bits per heavy atom. The van der Waals surface area contributed by atoms with Crippen molar-refractivity contribution in [2.45, 2.75) is 59.5 Å². The number of piperazine rings is 1. The Morgan fingerprint density at radius 1 is 1.35 bits per heavy atom. The van der Waals surface area contributed by atoms with Crippen LogP contribution in [0.15, 0.2) is 0 Å². The van der Waals surface area contributed by atoms with Crippen molar-refractivity contribution in [2.24, 2.45) is 11.8 Å². The highest BCUT2D eigenvalue weighted by Crippen LogP contribution is 2.22. The molecule has 0 saturated carbocycles. The van der Waals surface area contributed by atoms with Crippen LogP contribution in [0.1, 0.15) is 48.0 Å². The van der Waals surface area contributed by atoms with Gasteiger partial charge in [-0.2, -0.15) is 0 Å². The van der Waals surface area contributed by atoms with Crippen LogP contribution in [-0.4, -0.2) is 35.5 Å². The highest BCUT2D eigenvalue weighted by molar-refractivity contribution is 5.77. The second kappa shape index (κ2) is 5.38. The Morgan fingerprint density at radius 3 is 2.41 bits per heavy atom. The molecule has 0 bridgehead atoms. The molecule has 3 heteroatoms. The van der Waals surface area contributed by atoms with Crippen molar-refractivity contribution in [3.8, 4) is 0 Å². The number of hydrogen-bond acceptors (Lipinski definition) is 2. The van der Waals surface area contributed by atoms with Crippen LogP contribution in [0.5, 0.6) is 0 Å². The number of carbonyl (C=O) groups excluding carboxylic acids is 1. The SMILES string of the molecule is CC(C)CC(=O)N1CC(C)(C)NCC1C(C)C. The summed E-state index contributed by atoms with van der Waals surface area (Å²) in [6.45, 7) is 14.7. The zero-order valence-electron chi connectivity index (χ0n) is 12.2. The molecule has 1 rings (SSSR count). The van der Waals surface area contributed by atoms with Crippen molar-refractivity contribution in [3.05, 3.63) is 0 Å². The molecule has 1 unspecified atom stereocenters. The predicted molar refractivity (Wildman–Crippen MR) is 71.9 cm³/mol. The van der Waals surface area contributed by atoms with Gasteiger partial charge in [0.05, 0.1) is 0 Å². The van der Waals surface area contributed by atoms with Crippen LogP contribution in [0.3, 0.4) is 0 Å². The first-order valence-electron chi connectivity index (χ1n) is 6.77. The molecule has 0 aliphatic carbocycles. The van der Waals surface area contributed by atoms with E-state index in [1.807, 2.05) is 0 Å². The van der Waals surface area contributed by atoms with Gasteiger partial charge < -0.3 is 10.2 Å². The maximum absolute atomic E-state index is 12.3. The molecule has 17 heavy (non-hydrogen) atoms. The molecule has 1 amide bonds. The van der Waals surface area contributed by atoms with Crippen molar-refractivity contribution in [3.63, 3.8) is 0 Å². The summed E-state index contributed by atoms with van der Waals surface area (Å²) < 4.78 is 0. The third-order valence-electron chi connectivity index (χ3n) is 3.43. The monoisotopic (exact) mass is 240 g/mol. The fourth-order valence-electron chi connectivity index (χ4n) is 2.43. The lowest BCUT2D eigenvalue weighted by Gasteiger charge is -2.46. The molecular weight excluding hydrogens is 212 g/mol. The van der Waals surface area contributed by atoms with E-state index < -0.39 is 0 Å². The van der Waals surface area contributed by atoms with Crippen molar-refractivity contribution < 1.29 is 4.79 Å². The smallest absolute Gasteiger partial charge is 0.223 e. The summed E-state index contributed by atoms with van der Waals surface area (Å²) in [7, 11) is 0. The third kappa shape index (κ3) is 3.98. The summed E-state index contributed by atoms with van der Waals surface area (Å²) in [6.07, 6.45) is 0.666. The highest BCUT2D eigenvalue weighted by Gasteiger charge is 2.36. The van der Waals surface area contributed by atoms with Crippen LogP contribution in [0.2, 0.25) is 0 Å². The van der Waals surface area contributed by atoms with Gasteiger partial charge in [0, 0.05) is 31.1 Å². The first-order chi connectivity index (χ1) is 7.73. The van der Waals surface area contributed by atoms with Crippen LogP contribution in [0.25, 0.3) is 0 Å². The fraction of sp³-hybridized carbons (Fsp3) is 0.929. The molecule has 1 fully saturated rings. The topological polar surface area (TPSA) is 32.3 Å². The summed E-state index contributed by atoms with van der Waals surface area (Å²) in [6, 6.07) is 0.342. The van der Waals surface area contributed by atoms with E-state index in [1.165, 1.54) is 0 Å². The van der Waals surface area contributed by atoms with E-state index in [-0.39, 0.29) is 5.54 Å². The first-order valence-corrected chi connectivity index (χ1v) is 6.77. The van der Waals surface area contributed by atoms with Crippen molar-refractivity contribution in [1.82, 2.24) is 10.2 Å². The number of nitrogens with one attached hydrogen (secondary N) is 1. The molecule has 1 heterocycles. The van der Waals surface area contributed by atoms with Crippen LogP contribution in [0.4, 0.5) is 0 Å². The number of nitrogens with zero attached hydrogens (tertiary/aromatic N) is 1. The van der Waals surface area contributed by atoms with Crippen molar-refractivity contribution in [1.29, 1.82) is 0 Å². The average molecular weight is 240 g/mol. The van der Waals surface area contributed by atoms with E-state index in [2.05, 4.69) is 51.8 Å². The zero-order valence-corrected chi connectivity index (χ0v) is 12.2. The van der Waals surface area contributed by atoms with E-state index in [4.69, 9.17) is 0 Å². The summed E-state index contributed by atoms with van der Waals surface area (Å²) >= 11 is 0. The third-order valence-corrected chi connectivity index (χ3v) is 3.43. The second-order valence-corrected chi connectivity index (χ2v) is 6.70. The Hall–Kier alpha value is -0.570. The van der Waals surface area contributed by atoms with Crippen molar-refractivity contribution >= 4 is 5.91 Å².